The van der Waals surface area contributed by atoms with Gasteiger partial charge < -0.3 is 5.32 Å². The number of amides is 3. The van der Waals surface area contributed by atoms with Gasteiger partial charge in [0.2, 0.25) is 11.7 Å². The minimum atomic E-state index is -0.785. The SMILES string of the molecule is CC(=O)N[C@H](C(=O)NNC(=O)c1nc(-c2ccccc2)n(-c2ccccc2)n1)C(C)C. The largest absolute Gasteiger partial charge is 0.344 e. The van der Waals surface area contributed by atoms with Crippen LogP contribution in [0.25, 0.3) is 17.1 Å². The van der Waals surface area contributed by atoms with E-state index >= 15 is 0 Å². The molecule has 9 heteroatoms. The van der Waals surface area contributed by atoms with E-state index in [0.29, 0.717) is 5.82 Å². The second-order valence-corrected chi connectivity index (χ2v) is 7.24. The fraction of sp³-hybridized carbons (Fsp3) is 0.227. The molecule has 1 atom stereocenters. The number of carbonyl (C=O) groups is 3. The average molecular weight is 420 g/mol. The lowest BCUT2D eigenvalue weighted by Gasteiger charge is -2.20. The summed E-state index contributed by atoms with van der Waals surface area (Å²) in [6.45, 7) is 4.90. The normalized spacial score (nSPS) is 11.6. The van der Waals surface area contributed by atoms with Gasteiger partial charge in [-0.2, -0.15) is 0 Å². The zero-order chi connectivity index (χ0) is 22.4. The van der Waals surface area contributed by atoms with Crippen LogP contribution in [0.3, 0.4) is 0 Å². The van der Waals surface area contributed by atoms with Gasteiger partial charge in [0.1, 0.15) is 6.04 Å². The minimum Gasteiger partial charge on any atom is -0.344 e. The Morgan fingerprint density at radius 1 is 0.903 bits per heavy atom. The van der Waals surface area contributed by atoms with Crippen LogP contribution < -0.4 is 16.2 Å². The molecule has 31 heavy (non-hydrogen) atoms. The second kappa shape index (κ2) is 9.66. The molecule has 0 fully saturated rings. The first-order chi connectivity index (χ1) is 14.9. The molecule has 0 aliphatic heterocycles. The molecule has 1 heterocycles. The van der Waals surface area contributed by atoms with Crippen LogP contribution in [0.2, 0.25) is 0 Å². The Labute approximate surface area is 179 Å². The number of hydrogen-bond donors (Lipinski definition) is 3. The van der Waals surface area contributed by atoms with Gasteiger partial charge in [-0.05, 0) is 18.1 Å². The van der Waals surface area contributed by atoms with Crippen molar-refractivity contribution in [2.75, 3.05) is 0 Å². The summed E-state index contributed by atoms with van der Waals surface area (Å²) in [7, 11) is 0. The van der Waals surface area contributed by atoms with E-state index in [2.05, 4.69) is 26.3 Å². The lowest BCUT2D eigenvalue weighted by Crippen LogP contribution is -2.54. The van der Waals surface area contributed by atoms with E-state index in [4.69, 9.17) is 0 Å². The molecule has 0 saturated heterocycles. The third-order valence-electron chi connectivity index (χ3n) is 4.45. The summed E-state index contributed by atoms with van der Waals surface area (Å²) in [6, 6.07) is 17.9. The van der Waals surface area contributed by atoms with Crippen LogP contribution in [0.5, 0.6) is 0 Å². The fourth-order valence-electron chi connectivity index (χ4n) is 2.94. The molecule has 3 amide bonds. The standard InChI is InChI=1S/C22H24N6O3/c1-14(2)18(23-15(3)29)21(30)25-26-22(31)19-24-20(16-10-6-4-7-11-16)28(27-19)17-12-8-5-9-13-17/h4-14,18H,1-3H3,(H,23,29)(H,25,30)(H,26,31)/t18-/m0/s1. The van der Waals surface area contributed by atoms with Crippen molar-refractivity contribution in [3.8, 4) is 17.1 Å². The molecule has 3 N–H and O–H groups in total. The highest BCUT2D eigenvalue weighted by molar-refractivity contribution is 5.94. The predicted molar refractivity (Wildman–Crippen MR) is 115 cm³/mol. The Balaban J connectivity index is 1.82. The molecule has 3 aromatic rings. The zero-order valence-electron chi connectivity index (χ0n) is 17.5. The van der Waals surface area contributed by atoms with Gasteiger partial charge in [-0.15, -0.1) is 5.10 Å². The molecule has 9 nitrogen and oxygen atoms in total. The zero-order valence-corrected chi connectivity index (χ0v) is 17.5. The molecule has 0 bridgehead atoms. The molecule has 160 valence electrons. The topological polar surface area (TPSA) is 118 Å². The van der Waals surface area contributed by atoms with Crippen molar-refractivity contribution in [2.24, 2.45) is 5.92 Å². The third kappa shape index (κ3) is 5.33. The number of hydrazine groups is 1. The predicted octanol–water partition coefficient (Wildman–Crippen LogP) is 1.86. The van der Waals surface area contributed by atoms with Crippen molar-refractivity contribution >= 4 is 17.7 Å². The number of carbonyl (C=O) groups excluding carboxylic acids is 3. The Kier molecular flexibility index (Phi) is 6.76. The van der Waals surface area contributed by atoms with Crippen LogP contribution in [-0.4, -0.2) is 38.5 Å². The molecule has 0 unspecified atom stereocenters. The van der Waals surface area contributed by atoms with Gasteiger partial charge in [0.05, 0.1) is 5.69 Å². The summed E-state index contributed by atoms with van der Waals surface area (Å²) in [4.78, 5) is 40.7. The summed E-state index contributed by atoms with van der Waals surface area (Å²) in [5, 5.41) is 6.90. The second-order valence-electron chi connectivity index (χ2n) is 7.24. The van der Waals surface area contributed by atoms with Crippen LogP contribution in [0.4, 0.5) is 0 Å². The summed E-state index contributed by atoms with van der Waals surface area (Å²) in [5.74, 6) is -1.34. The number of rotatable bonds is 6. The summed E-state index contributed by atoms with van der Waals surface area (Å²) in [6.07, 6.45) is 0. The fourth-order valence-corrected chi connectivity index (χ4v) is 2.94. The van der Waals surface area contributed by atoms with E-state index in [0.717, 1.165) is 11.3 Å². The number of para-hydroxylation sites is 1. The summed E-state index contributed by atoms with van der Waals surface area (Å²) in [5.41, 5.74) is 6.18. The smallest absolute Gasteiger partial charge is 0.309 e. The molecular weight excluding hydrogens is 396 g/mol. The van der Waals surface area contributed by atoms with Crippen molar-refractivity contribution in [2.45, 2.75) is 26.8 Å². The van der Waals surface area contributed by atoms with E-state index in [-0.39, 0.29) is 17.6 Å². The number of nitrogens with one attached hydrogen (secondary N) is 3. The van der Waals surface area contributed by atoms with Gasteiger partial charge in [0, 0.05) is 12.5 Å². The Bertz CT molecular complexity index is 1010. The van der Waals surface area contributed by atoms with E-state index in [1.54, 1.807) is 18.5 Å². The van der Waals surface area contributed by atoms with E-state index in [1.807, 2.05) is 60.7 Å². The van der Waals surface area contributed by atoms with Crippen molar-refractivity contribution in [3.63, 3.8) is 0 Å². The van der Waals surface area contributed by atoms with Gasteiger partial charge in [0.15, 0.2) is 5.82 Å². The van der Waals surface area contributed by atoms with Crippen molar-refractivity contribution in [1.29, 1.82) is 0 Å². The first-order valence-electron chi connectivity index (χ1n) is 9.82. The number of hydrogen-bond acceptors (Lipinski definition) is 5. The maximum Gasteiger partial charge on any atom is 0.309 e. The molecule has 0 aliphatic rings. The minimum absolute atomic E-state index is 0.108. The lowest BCUT2D eigenvalue weighted by molar-refractivity contribution is -0.129. The molecule has 0 saturated carbocycles. The van der Waals surface area contributed by atoms with Crippen LogP contribution in [-0.2, 0) is 9.59 Å². The monoisotopic (exact) mass is 420 g/mol. The number of benzene rings is 2. The van der Waals surface area contributed by atoms with E-state index < -0.39 is 17.9 Å². The van der Waals surface area contributed by atoms with Gasteiger partial charge in [-0.3, -0.25) is 25.2 Å². The highest BCUT2D eigenvalue weighted by Gasteiger charge is 2.24. The number of nitrogens with zero attached hydrogens (tertiary/aromatic N) is 3. The van der Waals surface area contributed by atoms with Crippen molar-refractivity contribution in [1.82, 2.24) is 30.9 Å². The first kappa shape index (κ1) is 21.7. The van der Waals surface area contributed by atoms with Gasteiger partial charge in [-0.25, -0.2) is 9.67 Å². The van der Waals surface area contributed by atoms with Crippen molar-refractivity contribution < 1.29 is 14.4 Å². The quantitative estimate of drug-likeness (QED) is 0.526. The Morgan fingerprint density at radius 3 is 2.10 bits per heavy atom. The summed E-state index contributed by atoms with van der Waals surface area (Å²) < 4.78 is 1.57. The van der Waals surface area contributed by atoms with Gasteiger partial charge >= 0.3 is 5.91 Å². The molecule has 0 radical (unpaired) electrons. The van der Waals surface area contributed by atoms with Gasteiger partial charge in [0.25, 0.3) is 5.91 Å². The van der Waals surface area contributed by atoms with Crippen molar-refractivity contribution in [3.05, 3.63) is 66.5 Å². The van der Waals surface area contributed by atoms with Gasteiger partial charge in [-0.1, -0.05) is 62.4 Å². The summed E-state index contributed by atoms with van der Waals surface area (Å²) >= 11 is 0. The maximum absolute atomic E-state index is 12.6. The number of aromatic nitrogens is 3. The Hall–Kier alpha value is -4.01. The van der Waals surface area contributed by atoms with E-state index in [9.17, 15) is 14.4 Å². The molecule has 0 aliphatic carbocycles. The highest BCUT2D eigenvalue weighted by atomic mass is 16.2. The maximum atomic E-state index is 12.6. The van der Waals surface area contributed by atoms with Crippen LogP contribution in [0.1, 0.15) is 31.4 Å². The lowest BCUT2D eigenvalue weighted by atomic mass is 10.0. The Morgan fingerprint density at radius 2 is 1.52 bits per heavy atom. The third-order valence-corrected chi connectivity index (χ3v) is 4.45. The average Bonchev–Trinajstić information content (AvgIpc) is 3.22. The van der Waals surface area contributed by atoms with E-state index in [1.165, 1.54) is 6.92 Å². The molecular formula is C22H24N6O3. The molecule has 0 spiro atoms. The van der Waals surface area contributed by atoms with Crippen LogP contribution in [0, 0.1) is 5.92 Å². The van der Waals surface area contributed by atoms with Crippen LogP contribution in [0.15, 0.2) is 60.7 Å². The highest BCUT2D eigenvalue weighted by Crippen LogP contribution is 2.20. The first-order valence-corrected chi connectivity index (χ1v) is 9.82. The molecule has 3 rings (SSSR count). The molecule has 1 aromatic heterocycles. The van der Waals surface area contributed by atoms with Crippen LogP contribution >= 0.6 is 0 Å². The molecule has 2 aromatic carbocycles.